The number of Topliss-reactive ketones (excluding diaryl/α,β-unsaturated/α-hetero) is 1. The van der Waals surface area contributed by atoms with Crippen LogP contribution in [-0.4, -0.2) is 26.3 Å². The lowest BCUT2D eigenvalue weighted by Gasteiger charge is -2.05. The summed E-state index contributed by atoms with van der Waals surface area (Å²) in [5.41, 5.74) is 1.34. The maximum Gasteiger partial charge on any atom is 0.454 e. The van der Waals surface area contributed by atoms with E-state index in [0.29, 0.717) is 6.54 Å². The third-order valence-corrected chi connectivity index (χ3v) is 4.02. The number of alkyl halides is 3. The highest BCUT2D eigenvalue weighted by atomic mass is 79.9. The number of hydrogen-bond donors (Lipinski definition) is 0. The van der Waals surface area contributed by atoms with Crippen LogP contribution in [0.2, 0.25) is 0 Å². The first kappa shape index (κ1) is 15.8. The molecule has 0 atom stereocenters. The molecule has 114 valence electrons. The second-order valence-electron chi connectivity index (χ2n) is 4.58. The van der Waals surface area contributed by atoms with Gasteiger partial charge < -0.3 is 4.57 Å². The molecule has 0 aliphatic heterocycles. The molecule has 0 radical (unpaired) electrons. The second kappa shape index (κ2) is 5.67. The Hall–Kier alpha value is -1.57. The van der Waals surface area contributed by atoms with E-state index in [0.717, 1.165) is 22.3 Å². The zero-order valence-corrected chi connectivity index (χ0v) is 13.0. The van der Waals surface area contributed by atoms with E-state index in [1.165, 1.54) is 23.0 Å². The summed E-state index contributed by atoms with van der Waals surface area (Å²) in [6.07, 6.45) is -1.46. The Morgan fingerprint density at radius 2 is 2.10 bits per heavy atom. The van der Waals surface area contributed by atoms with E-state index in [2.05, 4.69) is 21.0 Å². The Morgan fingerprint density at radius 1 is 1.43 bits per heavy atom. The summed E-state index contributed by atoms with van der Waals surface area (Å²) in [6, 6.07) is 1.17. The van der Waals surface area contributed by atoms with Crippen LogP contribution in [0.5, 0.6) is 0 Å². The minimum atomic E-state index is -4.85. The van der Waals surface area contributed by atoms with Crippen LogP contribution in [0.15, 0.2) is 22.9 Å². The van der Waals surface area contributed by atoms with Crippen molar-refractivity contribution in [3.05, 3.63) is 39.9 Å². The molecule has 0 aliphatic rings. The number of aromatic nitrogens is 3. The van der Waals surface area contributed by atoms with Gasteiger partial charge in [0.2, 0.25) is 0 Å². The van der Waals surface area contributed by atoms with Crippen molar-refractivity contribution in [3.63, 3.8) is 0 Å². The van der Waals surface area contributed by atoms with Crippen LogP contribution in [0, 0.1) is 0 Å². The molecule has 0 aliphatic carbocycles. The van der Waals surface area contributed by atoms with E-state index < -0.39 is 12.0 Å². The van der Waals surface area contributed by atoms with Gasteiger partial charge in [-0.1, -0.05) is 6.92 Å². The first-order valence-electron chi connectivity index (χ1n) is 6.21. The van der Waals surface area contributed by atoms with E-state index in [1.54, 1.807) is 11.7 Å². The summed E-state index contributed by atoms with van der Waals surface area (Å²) in [7, 11) is 1.77. The molecule has 0 bridgehead atoms. The number of aryl methyl sites for hydroxylation is 2. The molecule has 21 heavy (non-hydrogen) atoms. The Balaban J connectivity index is 2.24. The maximum absolute atomic E-state index is 12.4. The lowest BCUT2D eigenvalue weighted by atomic mass is 10.2. The quantitative estimate of drug-likeness (QED) is 0.781. The monoisotopic (exact) mass is 363 g/mol. The molecule has 2 heterocycles. The zero-order chi connectivity index (χ0) is 15.8. The van der Waals surface area contributed by atoms with Crippen LogP contribution < -0.4 is 0 Å². The molecule has 0 fully saturated rings. The van der Waals surface area contributed by atoms with Gasteiger partial charge in [0.25, 0.3) is 5.78 Å². The number of nitrogens with zero attached hydrogens (tertiary/aromatic N) is 3. The van der Waals surface area contributed by atoms with Crippen LogP contribution in [0.25, 0.3) is 0 Å². The van der Waals surface area contributed by atoms with Gasteiger partial charge in [-0.15, -0.1) is 0 Å². The lowest BCUT2D eigenvalue weighted by molar-refractivity contribution is -0.0885. The molecule has 2 aromatic heterocycles. The number of rotatable bonds is 4. The average Bonchev–Trinajstić information content (AvgIpc) is 2.96. The summed E-state index contributed by atoms with van der Waals surface area (Å²) >= 11 is 3.44. The van der Waals surface area contributed by atoms with Gasteiger partial charge in [-0.2, -0.15) is 18.3 Å². The minimum absolute atomic E-state index is 0.329. The molecule has 8 heteroatoms. The summed E-state index contributed by atoms with van der Waals surface area (Å²) in [6.45, 7) is 2.29. The Kier molecular flexibility index (Phi) is 4.27. The fraction of sp³-hybridized carbons (Fsp3) is 0.385. The van der Waals surface area contributed by atoms with Crippen molar-refractivity contribution in [1.29, 1.82) is 0 Å². The van der Waals surface area contributed by atoms with Crippen LogP contribution in [0.3, 0.4) is 0 Å². The lowest BCUT2D eigenvalue weighted by Crippen LogP contribution is -2.22. The van der Waals surface area contributed by atoms with E-state index in [9.17, 15) is 18.0 Å². The third kappa shape index (κ3) is 3.20. The van der Waals surface area contributed by atoms with Crippen molar-refractivity contribution in [2.45, 2.75) is 26.1 Å². The number of carbonyl (C=O) groups excluding carboxylic acids is 1. The van der Waals surface area contributed by atoms with Gasteiger partial charge in [0.15, 0.2) is 0 Å². The second-order valence-corrected chi connectivity index (χ2v) is 5.38. The first-order chi connectivity index (χ1) is 9.74. The fourth-order valence-electron chi connectivity index (χ4n) is 2.00. The summed E-state index contributed by atoms with van der Waals surface area (Å²) in [4.78, 5) is 11.2. The van der Waals surface area contributed by atoms with Gasteiger partial charge in [-0.3, -0.25) is 9.48 Å². The van der Waals surface area contributed by atoms with Crippen molar-refractivity contribution in [2.24, 2.45) is 7.05 Å². The largest absolute Gasteiger partial charge is 0.454 e. The highest BCUT2D eigenvalue weighted by Crippen LogP contribution is 2.24. The number of halogens is 4. The normalized spacial score (nSPS) is 11.9. The maximum atomic E-state index is 12.4. The molecule has 0 saturated carbocycles. The van der Waals surface area contributed by atoms with Gasteiger partial charge in [0, 0.05) is 25.0 Å². The predicted molar refractivity (Wildman–Crippen MR) is 74.2 cm³/mol. The van der Waals surface area contributed by atoms with Crippen molar-refractivity contribution in [2.75, 3.05) is 0 Å². The van der Waals surface area contributed by atoms with Gasteiger partial charge >= 0.3 is 6.18 Å². The van der Waals surface area contributed by atoms with Gasteiger partial charge in [-0.05, 0) is 28.4 Å². The van der Waals surface area contributed by atoms with Crippen LogP contribution in [0.1, 0.15) is 28.7 Å². The topological polar surface area (TPSA) is 39.8 Å². The Labute approximate surface area is 127 Å². The first-order valence-corrected chi connectivity index (χ1v) is 7.01. The molecule has 4 nitrogen and oxygen atoms in total. The van der Waals surface area contributed by atoms with Crippen LogP contribution in [0.4, 0.5) is 13.2 Å². The predicted octanol–water partition coefficient (Wildman–Crippen LogP) is 3.34. The zero-order valence-electron chi connectivity index (χ0n) is 11.4. The molecule has 0 saturated heterocycles. The molecule has 0 N–H and O–H groups in total. The van der Waals surface area contributed by atoms with E-state index in [-0.39, 0.29) is 5.56 Å². The molecular formula is C13H13BrF3N3O. The summed E-state index contributed by atoms with van der Waals surface area (Å²) in [5, 5.41) is 4.32. The summed E-state index contributed by atoms with van der Waals surface area (Å²) in [5.74, 6) is -1.83. The number of carbonyl (C=O) groups is 1. The van der Waals surface area contributed by atoms with E-state index >= 15 is 0 Å². The molecular weight excluding hydrogens is 351 g/mol. The molecule has 0 spiro atoms. The van der Waals surface area contributed by atoms with Crippen molar-refractivity contribution in [3.8, 4) is 0 Å². The van der Waals surface area contributed by atoms with E-state index in [4.69, 9.17) is 0 Å². The highest BCUT2D eigenvalue weighted by molar-refractivity contribution is 9.10. The smallest absolute Gasteiger partial charge is 0.348 e. The SMILES string of the molecule is CCc1nn(C)c(Cn2ccc(C(=O)C(F)(F)F)c2)c1Br. The van der Waals surface area contributed by atoms with Crippen molar-refractivity contribution >= 4 is 21.7 Å². The minimum Gasteiger partial charge on any atom is -0.348 e. The number of hydrogen-bond acceptors (Lipinski definition) is 2. The van der Waals surface area contributed by atoms with Gasteiger partial charge in [0.1, 0.15) is 0 Å². The number of ketones is 1. The van der Waals surface area contributed by atoms with E-state index in [1.807, 2.05) is 6.92 Å². The molecule has 0 unspecified atom stereocenters. The third-order valence-electron chi connectivity index (χ3n) is 3.11. The van der Waals surface area contributed by atoms with Gasteiger partial charge in [0.05, 0.1) is 22.4 Å². The highest BCUT2D eigenvalue weighted by Gasteiger charge is 2.39. The van der Waals surface area contributed by atoms with Crippen LogP contribution >= 0.6 is 15.9 Å². The molecule has 0 amide bonds. The Morgan fingerprint density at radius 3 is 2.62 bits per heavy atom. The fourth-order valence-corrected chi connectivity index (χ4v) is 2.74. The Bertz CT molecular complexity index is 673. The molecule has 2 aromatic rings. The molecule has 2 rings (SSSR count). The summed E-state index contributed by atoms with van der Waals surface area (Å²) < 4.78 is 41.1. The van der Waals surface area contributed by atoms with Crippen LogP contribution in [-0.2, 0) is 20.0 Å². The van der Waals surface area contributed by atoms with Gasteiger partial charge in [-0.25, -0.2) is 0 Å². The van der Waals surface area contributed by atoms with Crippen molar-refractivity contribution < 1.29 is 18.0 Å². The van der Waals surface area contributed by atoms with Crippen molar-refractivity contribution in [1.82, 2.24) is 14.3 Å². The molecule has 0 aromatic carbocycles. The average molecular weight is 364 g/mol. The standard InChI is InChI=1S/C13H13BrF3N3O/c1-3-9-11(14)10(19(2)18-9)7-20-5-4-8(6-20)12(21)13(15,16)17/h4-6H,3,7H2,1-2H3.